The summed E-state index contributed by atoms with van der Waals surface area (Å²) < 4.78 is 17.8. The summed E-state index contributed by atoms with van der Waals surface area (Å²) in [6.45, 7) is 6.02. The van der Waals surface area contributed by atoms with Crippen molar-refractivity contribution in [2.24, 2.45) is 0 Å². The molecule has 0 heterocycles. The molecular weight excluding hydrogens is 221 g/mol. The Balaban J connectivity index is 2.63. The molecule has 17 heavy (non-hydrogen) atoms. The van der Waals surface area contributed by atoms with Gasteiger partial charge in [0.05, 0.1) is 6.61 Å². The van der Waals surface area contributed by atoms with Crippen molar-refractivity contribution in [2.75, 3.05) is 25.1 Å². The zero-order chi connectivity index (χ0) is 12.8. The van der Waals surface area contributed by atoms with Crippen LogP contribution in [0.4, 0.5) is 10.1 Å². The summed E-state index contributed by atoms with van der Waals surface area (Å²) in [4.78, 5) is 13.1. The number of carbonyl (C=O) groups excluding carboxylic acids is 1. The number of nitrogens with zero attached hydrogens (tertiary/aromatic N) is 1. The van der Waals surface area contributed by atoms with E-state index in [9.17, 15) is 9.18 Å². The quantitative estimate of drug-likeness (QED) is 0.581. The number of likely N-dealkylation sites (N-methyl/N-ethyl adjacent to an activating group) is 1. The average Bonchev–Trinajstić information content (AvgIpc) is 2.29. The standard InChI is InChI=1S/C13H16FNO2/c1-4-17-13(16)10(2)9-15(3)12-7-5-6-11(14)8-12/h5-8H,2,4,9H2,1,3H3. The molecule has 0 atom stereocenters. The number of hydrogen-bond acceptors (Lipinski definition) is 3. The molecule has 92 valence electrons. The smallest absolute Gasteiger partial charge is 0.335 e. The van der Waals surface area contributed by atoms with Gasteiger partial charge in [0.25, 0.3) is 0 Å². The topological polar surface area (TPSA) is 29.5 Å². The van der Waals surface area contributed by atoms with Crippen molar-refractivity contribution < 1.29 is 13.9 Å². The molecule has 0 spiro atoms. The van der Waals surface area contributed by atoms with E-state index in [0.29, 0.717) is 24.4 Å². The van der Waals surface area contributed by atoms with Gasteiger partial charge in [-0.05, 0) is 25.1 Å². The van der Waals surface area contributed by atoms with Gasteiger partial charge in [0.2, 0.25) is 0 Å². The van der Waals surface area contributed by atoms with Gasteiger partial charge in [0.15, 0.2) is 0 Å². The Hall–Kier alpha value is -1.84. The molecular formula is C13H16FNO2. The Bertz CT molecular complexity index is 418. The van der Waals surface area contributed by atoms with E-state index in [1.807, 2.05) is 0 Å². The van der Waals surface area contributed by atoms with Crippen LogP contribution in [0.1, 0.15) is 6.92 Å². The highest BCUT2D eigenvalue weighted by molar-refractivity contribution is 5.88. The van der Waals surface area contributed by atoms with Crippen LogP contribution in [0.3, 0.4) is 0 Å². The predicted octanol–water partition coefficient (Wildman–Crippen LogP) is 2.38. The molecule has 0 bridgehead atoms. The van der Waals surface area contributed by atoms with Crippen molar-refractivity contribution in [3.05, 3.63) is 42.2 Å². The number of ether oxygens (including phenoxy) is 1. The minimum atomic E-state index is -0.421. The van der Waals surface area contributed by atoms with Crippen molar-refractivity contribution in [2.45, 2.75) is 6.92 Å². The molecule has 0 radical (unpaired) electrons. The summed E-state index contributed by atoms with van der Waals surface area (Å²) >= 11 is 0. The third kappa shape index (κ3) is 3.90. The van der Waals surface area contributed by atoms with Crippen LogP contribution < -0.4 is 4.90 Å². The molecule has 0 saturated heterocycles. The molecule has 0 unspecified atom stereocenters. The van der Waals surface area contributed by atoms with Crippen LogP contribution in [0, 0.1) is 5.82 Å². The van der Waals surface area contributed by atoms with E-state index >= 15 is 0 Å². The van der Waals surface area contributed by atoms with Crippen LogP contribution in [-0.2, 0) is 9.53 Å². The van der Waals surface area contributed by atoms with Gasteiger partial charge in [-0.25, -0.2) is 9.18 Å². The summed E-state index contributed by atoms with van der Waals surface area (Å²) in [6, 6.07) is 6.16. The fraction of sp³-hybridized carbons (Fsp3) is 0.308. The van der Waals surface area contributed by atoms with E-state index in [4.69, 9.17) is 4.74 Å². The molecule has 1 rings (SSSR count). The molecule has 0 saturated carbocycles. The molecule has 0 N–H and O–H groups in total. The SMILES string of the molecule is C=C(CN(C)c1cccc(F)c1)C(=O)OCC. The van der Waals surface area contributed by atoms with Crippen LogP contribution in [0.15, 0.2) is 36.4 Å². The second kappa shape index (κ2) is 6.03. The van der Waals surface area contributed by atoms with Crippen LogP contribution >= 0.6 is 0 Å². The van der Waals surface area contributed by atoms with Gasteiger partial charge in [-0.15, -0.1) is 0 Å². The number of carbonyl (C=O) groups is 1. The Kier molecular flexibility index (Phi) is 4.69. The molecule has 1 aromatic carbocycles. The molecule has 0 aliphatic rings. The average molecular weight is 237 g/mol. The lowest BCUT2D eigenvalue weighted by Crippen LogP contribution is -2.24. The molecule has 1 aromatic rings. The van der Waals surface area contributed by atoms with Gasteiger partial charge in [-0.1, -0.05) is 12.6 Å². The second-order valence-electron chi connectivity index (χ2n) is 3.66. The first-order chi connectivity index (χ1) is 8.04. The Morgan fingerprint density at radius 1 is 1.53 bits per heavy atom. The fourth-order valence-electron chi connectivity index (χ4n) is 1.39. The first-order valence-electron chi connectivity index (χ1n) is 5.36. The lowest BCUT2D eigenvalue weighted by atomic mass is 10.2. The van der Waals surface area contributed by atoms with Gasteiger partial charge in [0.1, 0.15) is 5.82 Å². The minimum Gasteiger partial charge on any atom is -0.463 e. The number of anilines is 1. The summed E-state index contributed by atoms with van der Waals surface area (Å²) in [5, 5.41) is 0. The van der Waals surface area contributed by atoms with E-state index in [1.165, 1.54) is 12.1 Å². The molecule has 4 heteroatoms. The highest BCUT2D eigenvalue weighted by Gasteiger charge is 2.11. The maximum atomic E-state index is 13.0. The second-order valence-corrected chi connectivity index (χ2v) is 3.66. The zero-order valence-electron chi connectivity index (χ0n) is 10.1. The van der Waals surface area contributed by atoms with Crippen molar-refractivity contribution in [1.82, 2.24) is 0 Å². The van der Waals surface area contributed by atoms with Gasteiger partial charge in [-0.2, -0.15) is 0 Å². The van der Waals surface area contributed by atoms with Crippen molar-refractivity contribution >= 4 is 11.7 Å². The number of halogens is 1. The Labute approximate surface area is 100 Å². The van der Waals surface area contributed by atoms with E-state index in [-0.39, 0.29) is 5.82 Å². The van der Waals surface area contributed by atoms with E-state index in [1.54, 1.807) is 31.0 Å². The summed E-state index contributed by atoms with van der Waals surface area (Å²) in [7, 11) is 1.76. The molecule has 0 aromatic heterocycles. The lowest BCUT2D eigenvalue weighted by Gasteiger charge is -2.19. The molecule has 0 fully saturated rings. The predicted molar refractivity (Wildman–Crippen MR) is 65.4 cm³/mol. The van der Waals surface area contributed by atoms with Crippen molar-refractivity contribution in [1.29, 1.82) is 0 Å². The van der Waals surface area contributed by atoms with E-state index < -0.39 is 5.97 Å². The van der Waals surface area contributed by atoms with Gasteiger partial charge in [0, 0.05) is 24.9 Å². The van der Waals surface area contributed by atoms with Crippen LogP contribution in [0.2, 0.25) is 0 Å². The number of rotatable bonds is 5. The molecule has 3 nitrogen and oxygen atoms in total. The molecule has 0 aliphatic heterocycles. The maximum Gasteiger partial charge on any atom is 0.335 e. The number of esters is 1. The Morgan fingerprint density at radius 2 is 2.24 bits per heavy atom. The van der Waals surface area contributed by atoms with E-state index in [2.05, 4.69) is 6.58 Å². The van der Waals surface area contributed by atoms with Gasteiger partial charge >= 0.3 is 5.97 Å². The first-order valence-corrected chi connectivity index (χ1v) is 5.36. The normalized spacial score (nSPS) is 9.82. The Morgan fingerprint density at radius 3 is 2.82 bits per heavy atom. The zero-order valence-corrected chi connectivity index (χ0v) is 10.1. The van der Waals surface area contributed by atoms with Gasteiger partial charge < -0.3 is 9.64 Å². The summed E-state index contributed by atoms with van der Waals surface area (Å²) in [5.41, 5.74) is 1.04. The van der Waals surface area contributed by atoms with E-state index in [0.717, 1.165) is 0 Å². The van der Waals surface area contributed by atoms with Crippen LogP contribution in [-0.4, -0.2) is 26.2 Å². The molecule has 0 amide bonds. The summed E-state index contributed by atoms with van der Waals surface area (Å²) in [6.07, 6.45) is 0. The van der Waals surface area contributed by atoms with Crippen molar-refractivity contribution in [3.63, 3.8) is 0 Å². The number of benzene rings is 1. The highest BCUT2D eigenvalue weighted by Crippen LogP contribution is 2.15. The number of hydrogen-bond donors (Lipinski definition) is 0. The molecule has 0 aliphatic carbocycles. The van der Waals surface area contributed by atoms with Crippen molar-refractivity contribution in [3.8, 4) is 0 Å². The highest BCUT2D eigenvalue weighted by atomic mass is 19.1. The van der Waals surface area contributed by atoms with Crippen LogP contribution in [0.25, 0.3) is 0 Å². The largest absolute Gasteiger partial charge is 0.463 e. The fourth-order valence-corrected chi connectivity index (χ4v) is 1.39. The lowest BCUT2D eigenvalue weighted by molar-refractivity contribution is -0.138. The maximum absolute atomic E-state index is 13.0. The van der Waals surface area contributed by atoms with Gasteiger partial charge in [-0.3, -0.25) is 0 Å². The summed E-state index contributed by atoms with van der Waals surface area (Å²) in [5.74, 6) is -0.730. The third-order valence-electron chi connectivity index (χ3n) is 2.24. The first kappa shape index (κ1) is 13.2. The monoisotopic (exact) mass is 237 g/mol. The van der Waals surface area contributed by atoms with Crippen LogP contribution in [0.5, 0.6) is 0 Å². The third-order valence-corrected chi connectivity index (χ3v) is 2.24. The minimum absolute atomic E-state index is 0.308.